The van der Waals surface area contributed by atoms with E-state index in [2.05, 4.69) is 15.5 Å². The number of pyridine rings is 1. The Morgan fingerprint density at radius 3 is 2.67 bits per heavy atom. The number of hydrogen-bond donors (Lipinski definition) is 2. The van der Waals surface area contributed by atoms with Gasteiger partial charge >= 0.3 is 0 Å². The van der Waals surface area contributed by atoms with Gasteiger partial charge in [0.25, 0.3) is 0 Å². The molecule has 1 aliphatic rings. The SMILES string of the molecule is ONC(=NC1CCCC1)c1ccnc(Oc2ccc(F)c(F)c2)c1. The molecule has 0 spiro atoms. The first-order chi connectivity index (χ1) is 11.7. The highest BCUT2D eigenvalue weighted by molar-refractivity contribution is 5.98. The van der Waals surface area contributed by atoms with Crippen molar-refractivity contribution in [3.05, 3.63) is 53.7 Å². The largest absolute Gasteiger partial charge is 0.439 e. The minimum Gasteiger partial charge on any atom is -0.439 e. The fraction of sp³-hybridized carbons (Fsp3) is 0.294. The van der Waals surface area contributed by atoms with Crippen LogP contribution in [0.15, 0.2) is 41.5 Å². The summed E-state index contributed by atoms with van der Waals surface area (Å²) in [5, 5.41) is 9.35. The molecule has 3 rings (SSSR count). The van der Waals surface area contributed by atoms with E-state index >= 15 is 0 Å². The van der Waals surface area contributed by atoms with Gasteiger partial charge in [0.2, 0.25) is 5.88 Å². The predicted octanol–water partition coefficient (Wildman–Crippen LogP) is 3.82. The summed E-state index contributed by atoms with van der Waals surface area (Å²) in [6, 6.07) is 6.67. The Morgan fingerprint density at radius 2 is 1.96 bits per heavy atom. The summed E-state index contributed by atoms with van der Waals surface area (Å²) in [4.78, 5) is 8.53. The standard InChI is InChI=1S/C17H17F2N3O2/c18-14-6-5-13(10-15(14)19)24-16-9-11(7-8-20-16)17(22-23)21-12-3-1-2-4-12/h5-10,12,23H,1-4H2,(H,21,22). The zero-order valence-corrected chi connectivity index (χ0v) is 12.9. The highest BCUT2D eigenvalue weighted by Crippen LogP contribution is 2.24. The Kier molecular flexibility index (Phi) is 5.00. The molecule has 2 N–H and O–H groups in total. The number of benzene rings is 1. The molecule has 24 heavy (non-hydrogen) atoms. The second-order valence-corrected chi connectivity index (χ2v) is 5.59. The van der Waals surface area contributed by atoms with E-state index in [1.807, 2.05) is 0 Å². The third kappa shape index (κ3) is 3.86. The summed E-state index contributed by atoms with van der Waals surface area (Å²) in [5.41, 5.74) is 2.70. The van der Waals surface area contributed by atoms with Crippen molar-refractivity contribution >= 4 is 5.84 Å². The van der Waals surface area contributed by atoms with E-state index in [0.717, 1.165) is 37.8 Å². The molecule has 0 radical (unpaired) electrons. The number of aromatic nitrogens is 1. The molecule has 0 unspecified atom stereocenters. The average Bonchev–Trinajstić information content (AvgIpc) is 3.09. The molecule has 1 saturated carbocycles. The molecule has 0 bridgehead atoms. The number of amidine groups is 1. The van der Waals surface area contributed by atoms with Gasteiger partial charge in [-0.1, -0.05) is 12.8 Å². The number of ether oxygens (including phenoxy) is 1. The molecular formula is C17H17F2N3O2. The Balaban J connectivity index is 1.81. The van der Waals surface area contributed by atoms with E-state index in [1.54, 1.807) is 12.1 Å². The average molecular weight is 333 g/mol. The summed E-state index contributed by atoms with van der Waals surface area (Å²) >= 11 is 0. The lowest BCUT2D eigenvalue weighted by atomic mass is 10.2. The summed E-state index contributed by atoms with van der Waals surface area (Å²) < 4.78 is 31.6. The van der Waals surface area contributed by atoms with Crippen LogP contribution in [0.1, 0.15) is 31.2 Å². The van der Waals surface area contributed by atoms with Crippen LogP contribution in [-0.4, -0.2) is 22.1 Å². The molecule has 1 aromatic heterocycles. The Morgan fingerprint density at radius 1 is 1.17 bits per heavy atom. The van der Waals surface area contributed by atoms with Gasteiger partial charge in [-0.2, -0.15) is 0 Å². The zero-order chi connectivity index (χ0) is 16.9. The first kappa shape index (κ1) is 16.3. The van der Waals surface area contributed by atoms with Crippen LogP contribution in [0.25, 0.3) is 0 Å². The van der Waals surface area contributed by atoms with Gasteiger partial charge in [-0.25, -0.2) is 13.8 Å². The molecule has 5 nitrogen and oxygen atoms in total. The number of aliphatic imine (C=N–C) groups is 1. The van der Waals surface area contributed by atoms with E-state index in [9.17, 15) is 14.0 Å². The molecule has 7 heteroatoms. The van der Waals surface area contributed by atoms with Gasteiger partial charge in [0, 0.05) is 23.9 Å². The van der Waals surface area contributed by atoms with Gasteiger partial charge in [0.1, 0.15) is 5.75 Å². The summed E-state index contributed by atoms with van der Waals surface area (Å²) in [5.74, 6) is -1.29. The summed E-state index contributed by atoms with van der Waals surface area (Å²) in [6.45, 7) is 0. The molecular weight excluding hydrogens is 316 g/mol. The van der Waals surface area contributed by atoms with Gasteiger partial charge in [0.15, 0.2) is 17.5 Å². The van der Waals surface area contributed by atoms with Crippen molar-refractivity contribution in [2.24, 2.45) is 4.99 Å². The van der Waals surface area contributed by atoms with Crippen LogP contribution < -0.4 is 10.2 Å². The Hall–Kier alpha value is -2.54. The second-order valence-electron chi connectivity index (χ2n) is 5.59. The molecule has 1 aliphatic carbocycles. The first-order valence-electron chi connectivity index (χ1n) is 7.73. The lowest BCUT2D eigenvalue weighted by molar-refractivity contribution is 0.234. The van der Waals surface area contributed by atoms with Gasteiger partial charge in [-0.05, 0) is 31.0 Å². The second kappa shape index (κ2) is 7.35. The van der Waals surface area contributed by atoms with Crippen molar-refractivity contribution < 1.29 is 18.7 Å². The van der Waals surface area contributed by atoms with Crippen LogP contribution in [0, 0.1) is 11.6 Å². The van der Waals surface area contributed by atoms with Crippen molar-refractivity contribution in [1.29, 1.82) is 0 Å². The van der Waals surface area contributed by atoms with Crippen molar-refractivity contribution in [3.8, 4) is 11.6 Å². The predicted molar refractivity (Wildman–Crippen MR) is 84.4 cm³/mol. The fourth-order valence-corrected chi connectivity index (χ4v) is 2.66. The van der Waals surface area contributed by atoms with Crippen LogP contribution in [0.5, 0.6) is 11.6 Å². The zero-order valence-electron chi connectivity index (χ0n) is 12.9. The first-order valence-corrected chi connectivity index (χ1v) is 7.73. The van der Waals surface area contributed by atoms with Crippen LogP contribution in [0.2, 0.25) is 0 Å². The number of hydroxylamine groups is 1. The van der Waals surface area contributed by atoms with Gasteiger partial charge in [-0.15, -0.1) is 0 Å². The molecule has 1 heterocycles. The lowest BCUT2D eigenvalue weighted by Crippen LogP contribution is -2.22. The molecule has 0 atom stereocenters. The van der Waals surface area contributed by atoms with Crippen molar-refractivity contribution in [2.45, 2.75) is 31.7 Å². The molecule has 0 saturated heterocycles. The number of halogens is 2. The van der Waals surface area contributed by atoms with Crippen LogP contribution >= 0.6 is 0 Å². The molecule has 126 valence electrons. The molecule has 0 aliphatic heterocycles. The van der Waals surface area contributed by atoms with Crippen molar-refractivity contribution in [1.82, 2.24) is 10.5 Å². The van der Waals surface area contributed by atoms with E-state index in [1.165, 1.54) is 12.3 Å². The minimum absolute atomic E-state index is 0.129. The summed E-state index contributed by atoms with van der Waals surface area (Å²) in [6.07, 6.45) is 5.75. The Bertz CT molecular complexity index is 746. The highest BCUT2D eigenvalue weighted by Gasteiger charge is 2.16. The van der Waals surface area contributed by atoms with E-state index in [-0.39, 0.29) is 17.7 Å². The topological polar surface area (TPSA) is 66.7 Å². The van der Waals surface area contributed by atoms with Gasteiger partial charge in [-0.3, -0.25) is 15.7 Å². The lowest BCUT2D eigenvalue weighted by Gasteiger charge is -2.10. The van der Waals surface area contributed by atoms with Crippen molar-refractivity contribution in [2.75, 3.05) is 0 Å². The van der Waals surface area contributed by atoms with E-state index in [4.69, 9.17) is 4.74 Å². The fourth-order valence-electron chi connectivity index (χ4n) is 2.66. The van der Waals surface area contributed by atoms with Crippen LogP contribution in [0.4, 0.5) is 8.78 Å². The van der Waals surface area contributed by atoms with Crippen molar-refractivity contribution in [3.63, 3.8) is 0 Å². The van der Waals surface area contributed by atoms with E-state index in [0.29, 0.717) is 11.4 Å². The third-order valence-corrected chi connectivity index (χ3v) is 3.86. The van der Waals surface area contributed by atoms with Gasteiger partial charge in [0.05, 0.1) is 6.04 Å². The maximum atomic E-state index is 13.2. The normalized spacial score (nSPS) is 15.5. The Labute approximate surface area is 138 Å². The number of rotatable bonds is 4. The minimum atomic E-state index is -0.996. The smallest absolute Gasteiger partial charge is 0.219 e. The van der Waals surface area contributed by atoms with Crippen LogP contribution in [-0.2, 0) is 0 Å². The van der Waals surface area contributed by atoms with Gasteiger partial charge < -0.3 is 4.74 Å². The maximum absolute atomic E-state index is 13.2. The highest BCUT2D eigenvalue weighted by atomic mass is 19.2. The van der Waals surface area contributed by atoms with Crippen LogP contribution in [0.3, 0.4) is 0 Å². The monoisotopic (exact) mass is 333 g/mol. The molecule has 1 aromatic carbocycles. The molecule has 0 amide bonds. The quantitative estimate of drug-likeness (QED) is 0.507. The molecule has 1 fully saturated rings. The van der Waals surface area contributed by atoms with E-state index < -0.39 is 11.6 Å². The third-order valence-electron chi connectivity index (χ3n) is 3.86. The number of nitrogens with zero attached hydrogens (tertiary/aromatic N) is 2. The number of hydrogen-bond acceptors (Lipinski definition) is 4. The molecule has 2 aromatic rings. The maximum Gasteiger partial charge on any atom is 0.219 e. The number of nitrogens with one attached hydrogen (secondary N) is 1. The summed E-state index contributed by atoms with van der Waals surface area (Å²) in [7, 11) is 0.